The number of nitrogens with two attached hydrogens (primary N) is 1. The van der Waals surface area contributed by atoms with Crippen LogP contribution in [0.2, 0.25) is 9.36 Å². The van der Waals surface area contributed by atoms with Crippen molar-refractivity contribution in [3.8, 4) is 0 Å². The van der Waals surface area contributed by atoms with Crippen molar-refractivity contribution >= 4 is 68.9 Å². The van der Waals surface area contributed by atoms with Crippen LogP contribution in [-0.2, 0) is 6.42 Å². The standard InChI is InChI=1S/C17H18Cl2N6OS2/c1-3-9-11(18)10-14(21-9)23-16(24-15(10)25-5-4-8(20)6-25)28-17-22-12(7(2)26)13(19)27-17/h8H,3-6,20H2,1-2H3,(H,21,23,24). The van der Waals surface area contributed by atoms with E-state index in [1.807, 2.05) is 6.92 Å². The van der Waals surface area contributed by atoms with E-state index in [0.29, 0.717) is 24.5 Å². The molecule has 148 valence electrons. The van der Waals surface area contributed by atoms with Crippen molar-refractivity contribution in [1.29, 1.82) is 0 Å². The summed E-state index contributed by atoms with van der Waals surface area (Å²) in [6.45, 7) is 5.01. The molecule has 4 rings (SSSR count). The molecule has 1 aliphatic heterocycles. The number of anilines is 1. The van der Waals surface area contributed by atoms with Crippen LogP contribution >= 0.6 is 46.3 Å². The van der Waals surface area contributed by atoms with Crippen molar-refractivity contribution < 1.29 is 4.79 Å². The molecule has 0 amide bonds. The molecule has 0 bridgehead atoms. The molecule has 1 fully saturated rings. The third-order valence-electron chi connectivity index (χ3n) is 4.58. The van der Waals surface area contributed by atoms with Gasteiger partial charge in [0.2, 0.25) is 0 Å². The number of Topliss-reactive ketones (excluding diaryl/α,β-unsaturated/α-hetero) is 1. The van der Waals surface area contributed by atoms with Crippen LogP contribution < -0.4 is 10.6 Å². The van der Waals surface area contributed by atoms with Crippen LogP contribution in [0.1, 0.15) is 36.5 Å². The maximum Gasteiger partial charge on any atom is 0.198 e. The summed E-state index contributed by atoms with van der Waals surface area (Å²) in [5.41, 5.74) is 7.98. The molecule has 4 heterocycles. The SMILES string of the molecule is CCc1[nH]c2nc(Sc3nc(C(C)=O)c(Cl)s3)nc(N3CCC(N)C3)c2c1Cl. The van der Waals surface area contributed by atoms with E-state index in [0.717, 1.165) is 42.8 Å². The predicted octanol–water partition coefficient (Wildman–Crippen LogP) is 4.17. The Hall–Kier alpha value is -1.39. The Morgan fingerprint density at radius 3 is 2.79 bits per heavy atom. The van der Waals surface area contributed by atoms with Crippen LogP contribution in [0.5, 0.6) is 0 Å². The van der Waals surface area contributed by atoms with Gasteiger partial charge in [0.15, 0.2) is 15.3 Å². The number of aromatic nitrogens is 4. The number of nitrogens with zero attached hydrogens (tertiary/aromatic N) is 4. The van der Waals surface area contributed by atoms with Gasteiger partial charge in [0.05, 0.1) is 10.4 Å². The first kappa shape index (κ1) is 19.9. The maximum absolute atomic E-state index is 11.6. The van der Waals surface area contributed by atoms with Crippen LogP contribution in [0.3, 0.4) is 0 Å². The van der Waals surface area contributed by atoms with Gasteiger partial charge in [-0.2, -0.15) is 0 Å². The lowest BCUT2D eigenvalue weighted by molar-refractivity contribution is 0.101. The van der Waals surface area contributed by atoms with E-state index in [1.54, 1.807) is 0 Å². The summed E-state index contributed by atoms with van der Waals surface area (Å²) in [5, 5.41) is 1.99. The molecule has 7 nitrogen and oxygen atoms in total. The number of aromatic amines is 1. The normalized spacial score (nSPS) is 17.0. The molecule has 1 aliphatic rings. The third kappa shape index (κ3) is 3.61. The van der Waals surface area contributed by atoms with Gasteiger partial charge in [0, 0.05) is 31.7 Å². The van der Waals surface area contributed by atoms with Gasteiger partial charge in [-0.3, -0.25) is 4.79 Å². The topological polar surface area (TPSA) is 101 Å². The molecule has 28 heavy (non-hydrogen) atoms. The van der Waals surface area contributed by atoms with E-state index < -0.39 is 0 Å². The molecule has 1 unspecified atom stereocenters. The number of ketones is 1. The van der Waals surface area contributed by atoms with Crippen molar-refractivity contribution in [3.05, 3.63) is 20.7 Å². The fourth-order valence-electron chi connectivity index (χ4n) is 3.19. The van der Waals surface area contributed by atoms with Crippen LogP contribution in [-0.4, -0.2) is 44.9 Å². The Morgan fingerprint density at radius 1 is 1.39 bits per heavy atom. The third-order valence-corrected chi connectivity index (χ3v) is 7.18. The van der Waals surface area contributed by atoms with Gasteiger partial charge in [-0.1, -0.05) is 41.5 Å². The smallest absolute Gasteiger partial charge is 0.198 e. The molecule has 3 aromatic heterocycles. The summed E-state index contributed by atoms with van der Waals surface area (Å²) in [6, 6.07) is 0.111. The highest BCUT2D eigenvalue weighted by molar-refractivity contribution is 8.00. The Balaban J connectivity index is 1.79. The van der Waals surface area contributed by atoms with Crippen molar-refractivity contribution in [1.82, 2.24) is 19.9 Å². The molecule has 0 spiro atoms. The summed E-state index contributed by atoms with van der Waals surface area (Å²) < 4.78 is 0.991. The van der Waals surface area contributed by atoms with Crippen molar-refractivity contribution in [2.75, 3.05) is 18.0 Å². The first-order valence-electron chi connectivity index (χ1n) is 8.81. The summed E-state index contributed by atoms with van der Waals surface area (Å²) in [7, 11) is 0. The van der Waals surface area contributed by atoms with Crippen molar-refractivity contribution in [3.63, 3.8) is 0 Å². The Kier molecular flexibility index (Phi) is 5.54. The zero-order chi connectivity index (χ0) is 20.0. The Bertz CT molecular complexity index is 1070. The van der Waals surface area contributed by atoms with E-state index in [9.17, 15) is 4.79 Å². The number of thiazole rings is 1. The number of hydrogen-bond donors (Lipinski definition) is 2. The molecular formula is C17H18Cl2N6OS2. The second-order valence-electron chi connectivity index (χ2n) is 6.58. The molecule has 11 heteroatoms. The fraction of sp³-hybridized carbons (Fsp3) is 0.412. The number of carbonyl (C=O) groups excluding carboxylic acids is 1. The summed E-state index contributed by atoms with van der Waals surface area (Å²) >= 11 is 15.3. The quantitative estimate of drug-likeness (QED) is 0.438. The number of aryl methyl sites for hydroxylation is 1. The molecule has 1 atom stereocenters. The molecule has 0 saturated carbocycles. The monoisotopic (exact) mass is 456 g/mol. The average molecular weight is 457 g/mol. The minimum absolute atomic E-state index is 0.111. The molecule has 3 N–H and O–H groups in total. The van der Waals surface area contributed by atoms with Crippen LogP contribution in [0.4, 0.5) is 5.82 Å². The predicted molar refractivity (Wildman–Crippen MR) is 114 cm³/mol. The number of nitrogens with one attached hydrogen (secondary N) is 1. The highest BCUT2D eigenvalue weighted by Crippen LogP contribution is 2.39. The second-order valence-corrected chi connectivity index (χ2v) is 9.77. The van der Waals surface area contributed by atoms with E-state index >= 15 is 0 Å². The highest BCUT2D eigenvalue weighted by atomic mass is 35.5. The summed E-state index contributed by atoms with van der Waals surface area (Å²) in [5.74, 6) is 0.607. The molecule has 0 aliphatic carbocycles. The highest BCUT2D eigenvalue weighted by Gasteiger charge is 2.26. The first-order valence-corrected chi connectivity index (χ1v) is 11.2. The van der Waals surface area contributed by atoms with Gasteiger partial charge < -0.3 is 15.6 Å². The van der Waals surface area contributed by atoms with Gasteiger partial charge in [-0.25, -0.2) is 15.0 Å². The number of fused-ring (bicyclic) bond motifs is 1. The number of rotatable bonds is 5. The van der Waals surface area contributed by atoms with E-state index in [2.05, 4.69) is 19.9 Å². The number of carbonyl (C=O) groups is 1. The molecular weight excluding hydrogens is 439 g/mol. The molecule has 1 saturated heterocycles. The lowest BCUT2D eigenvalue weighted by atomic mass is 10.3. The van der Waals surface area contributed by atoms with Crippen LogP contribution in [0.25, 0.3) is 11.0 Å². The van der Waals surface area contributed by atoms with Gasteiger partial charge in [-0.15, -0.1) is 0 Å². The van der Waals surface area contributed by atoms with Gasteiger partial charge in [0.25, 0.3) is 0 Å². The largest absolute Gasteiger partial charge is 0.354 e. The summed E-state index contributed by atoms with van der Waals surface area (Å²) in [4.78, 5) is 30.8. The van der Waals surface area contributed by atoms with Crippen LogP contribution in [0, 0.1) is 0 Å². The van der Waals surface area contributed by atoms with E-state index in [-0.39, 0.29) is 17.5 Å². The van der Waals surface area contributed by atoms with Gasteiger partial charge >= 0.3 is 0 Å². The summed E-state index contributed by atoms with van der Waals surface area (Å²) in [6.07, 6.45) is 1.67. The Labute approximate surface area is 180 Å². The number of H-pyrrole nitrogens is 1. The fourth-order valence-corrected chi connectivity index (χ4v) is 5.86. The number of hydrogen-bond acceptors (Lipinski definition) is 8. The van der Waals surface area contributed by atoms with Crippen molar-refractivity contribution in [2.24, 2.45) is 5.73 Å². The Morgan fingerprint density at radius 2 is 2.18 bits per heavy atom. The zero-order valence-corrected chi connectivity index (χ0v) is 18.4. The molecule has 0 radical (unpaired) electrons. The van der Waals surface area contributed by atoms with Gasteiger partial charge in [-0.05, 0) is 24.6 Å². The van der Waals surface area contributed by atoms with Gasteiger partial charge in [0.1, 0.15) is 21.5 Å². The number of halogens is 2. The van der Waals surface area contributed by atoms with E-state index in [1.165, 1.54) is 30.0 Å². The average Bonchev–Trinajstić information content (AvgIpc) is 3.32. The zero-order valence-electron chi connectivity index (χ0n) is 15.3. The lowest BCUT2D eigenvalue weighted by Crippen LogP contribution is -2.27. The molecule has 3 aromatic rings. The van der Waals surface area contributed by atoms with Crippen molar-refractivity contribution in [2.45, 2.75) is 42.2 Å². The molecule has 0 aromatic carbocycles. The van der Waals surface area contributed by atoms with Crippen LogP contribution in [0.15, 0.2) is 9.50 Å². The first-order chi connectivity index (χ1) is 13.4. The maximum atomic E-state index is 11.6. The minimum Gasteiger partial charge on any atom is -0.354 e. The second kappa shape index (κ2) is 7.79. The lowest BCUT2D eigenvalue weighted by Gasteiger charge is -2.18. The van der Waals surface area contributed by atoms with E-state index in [4.69, 9.17) is 33.9 Å². The minimum atomic E-state index is -0.167.